The van der Waals surface area contributed by atoms with E-state index in [2.05, 4.69) is 21.2 Å². The molecule has 0 radical (unpaired) electrons. The van der Waals surface area contributed by atoms with Gasteiger partial charge in [-0.2, -0.15) is 0 Å². The van der Waals surface area contributed by atoms with Crippen LogP contribution in [0.1, 0.15) is 26.2 Å². The minimum absolute atomic E-state index is 0.0218. The van der Waals surface area contributed by atoms with Gasteiger partial charge in [0.25, 0.3) is 0 Å². The molecule has 0 heterocycles. The molecule has 1 aromatic carbocycles. The predicted octanol–water partition coefficient (Wildman–Crippen LogP) is 3.60. The number of rotatable bonds is 8. The number of anilines is 1. The lowest BCUT2D eigenvalue weighted by atomic mass is 10.2. The highest BCUT2D eigenvalue weighted by molar-refractivity contribution is 9.09. The van der Waals surface area contributed by atoms with Gasteiger partial charge in [0, 0.05) is 23.5 Å². The summed E-state index contributed by atoms with van der Waals surface area (Å²) in [5.41, 5.74) is 0.730. The fourth-order valence-electron chi connectivity index (χ4n) is 1.63. The van der Waals surface area contributed by atoms with Gasteiger partial charge in [-0.3, -0.25) is 4.79 Å². The molecular formula is C14H20BrNO3. The SMILES string of the molecule is CCOc1cc(NC(=O)CCCCBr)ccc1OC. The Kier molecular flexibility index (Phi) is 7.33. The minimum Gasteiger partial charge on any atom is -0.493 e. The Bertz CT molecular complexity index is 410. The van der Waals surface area contributed by atoms with Gasteiger partial charge in [-0.05, 0) is 31.9 Å². The molecule has 0 aliphatic heterocycles. The highest BCUT2D eigenvalue weighted by atomic mass is 79.9. The third kappa shape index (κ3) is 5.51. The first-order valence-electron chi connectivity index (χ1n) is 6.38. The van der Waals surface area contributed by atoms with Crippen LogP contribution in [-0.4, -0.2) is 25.0 Å². The standard InChI is InChI=1S/C14H20BrNO3/c1-3-19-13-10-11(7-8-12(13)18-2)16-14(17)6-4-5-9-15/h7-8,10H,3-6,9H2,1-2H3,(H,16,17). The van der Waals surface area contributed by atoms with E-state index < -0.39 is 0 Å². The number of methoxy groups -OCH3 is 1. The third-order valence-corrected chi connectivity index (χ3v) is 3.10. The van der Waals surface area contributed by atoms with Crippen molar-refractivity contribution in [2.75, 3.05) is 24.4 Å². The van der Waals surface area contributed by atoms with E-state index in [0.29, 0.717) is 24.5 Å². The van der Waals surface area contributed by atoms with Crippen molar-refractivity contribution in [2.24, 2.45) is 0 Å². The summed E-state index contributed by atoms with van der Waals surface area (Å²) in [6, 6.07) is 5.38. The monoisotopic (exact) mass is 329 g/mol. The predicted molar refractivity (Wildman–Crippen MR) is 80.4 cm³/mol. The summed E-state index contributed by atoms with van der Waals surface area (Å²) < 4.78 is 10.7. The molecule has 0 saturated heterocycles. The van der Waals surface area contributed by atoms with Gasteiger partial charge < -0.3 is 14.8 Å². The molecule has 1 amide bonds. The van der Waals surface area contributed by atoms with Gasteiger partial charge in [-0.25, -0.2) is 0 Å². The lowest BCUT2D eigenvalue weighted by molar-refractivity contribution is -0.116. The molecule has 5 heteroatoms. The summed E-state index contributed by atoms with van der Waals surface area (Å²) in [7, 11) is 1.59. The number of ether oxygens (including phenoxy) is 2. The van der Waals surface area contributed by atoms with Crippen molar-refractivity contribution in [3.05, 3.63) is 18.2 Å². The molecule has 19 heavy (non-hydrogen) atoms. The fourth-order valence-corrected chi connectivity index (χ4v) is 2.02. The first-order valence-corrected chi connectivity index (χ1v) is 7.50. The molecule has 0 aromatic heterocycles. The van der Waals surface area contributed by atoms with Crippen LogP contribution in [0.5, 0.6) is 11.5 Å². The van der Waals surface area contributed by atoms with Gasteiger partial charge in [0.15, 0.2) is 11.5 Å². The maximum atomic E-state index is 11.7. The minimum atomic E-state index is 0.0218. The number of benzene rings is 1. The van der Waals surface area contributed by atoms with Gasteiger partial charge in [-0.15, -0.1) is 0 Å². The number of nitrogens with one attached hydrogen (secondary N) is 1. The second kappa shape index (κ2) is 8.80. The molecule has 4 nitrogen and oxygen atoms in total. The quantitative estimate of drug-likeness (QED) is 0.585. The number of alkyl halides is 1. The molecule has 0 spiro atoms. The maximum absolute atomic E-state index is 11.7. The molecule has 0 fully saturated rings. The van der Waals surface area contributed by atoms with Crippen LogP contribution < -0.4 is 14.8 Å². The number of carbonyl (C=O) groups excluding carboxylic acids is 1. The molecule has 106 valence electrons. The molecule has 0 bridgehead atoms. The van der Waals surface area contributed by atoms with E-state index in [1.807, 2.05) is 13.0 Å². The van der Waals surface area contributed by atoms with Crippen molar-refractivity contribution >= 4 is 27.5 Å². The van der Waals surface area contributed by atoms with Crippen molar-refractivity contribution < 1.29 is 14.3 Å². The summed E-state index contributed by atoms with van der Waals surface area (Å²) in [4.78, 5) is 11.7. The van der Waals surface area contributed by atoms with Gasteiger partial charge in [-0.1, -0.05) is 15.9 Å². The number of halogens is 1. The van der Waals surface area contributed by atoms with E-state index in [1.165, 1.54) is 0 Å². The Morgan fingerprint density at radius 1 is 1.32 bits per heavy atom. The molecule has 0 aliphatic carbocycles. The highest BCUT2D eigenvalue weighted by Crippen LogP contribution is 2.30. The summed E-state index contributed by atoms with van der Waals surface area (Å²) in [6.07, 6.45) is 2.41. The largest absolute Gasteiger partial charge is 0.493 e. The summed E-state index contributed by atoms with van der Waals surface area (Å²) >= 11 is 3.35. The van der Waals surface area contributed by atoms with Gasteiger partial charge in [0.1, 0.15) is 0 Å². The highest BCUT2D eigenvalue weighted by Gasteiger charge is 2.07. The lowest BCUT2D eigenvalue weighted by Gasteiger charge is -2.11. The summed E-state index contributed by atoms with van der Waals surface area (Å²) in [6.45, 7) is 2.46. The zero-order chi connectivity index (χ0) is 14.1. The van der Waals surface area contributed by atoms with E-state index >= 15 is 0 Å². The van der Waals surface area contributed by atoms with E-state index in [4.69, 9.17) is 9.47 Å². The Balaban J connectivity index is 2.63. The first kappa shape index (κ1) is 15.8. The average molecular weight is 330 g/mol. The van der Waals surface area contributed by atoms with Crippen molar-refractivity contribution in [2.45, 2.75) is 26.2 Å². The molecule has 0 saturated carbocycles. The van der Waals surface area contributed by atoms with Crippen LogP contribution in [0, 0.1) is 0 Å². The van der Waals surface area contributed by atoms with Crippen molar-refractivity contribution in [1.82, 2.24) is 0 Å². The van der Waals surface area contributed by atoms with Gasteiger partial charge >= 0.3 is 0 Å². The molecule has 0 atom stereocenters. The van der Waals surface area contributed by atoms with Crippen LogP contribution in [0.4, 0.5) is 5.69 Å². The third-order valence-electron chi connectivity index (χ3n) is 2.53. The number of hydrogen-bond acceptors (Lipinski definition) is 3. The average Bonchev–Trinajstić information content (AvgIpc) is 2.40. The number of carbonyl (C=O) groups is 1. The smallest absolute Gasteiger partial charge is 0.224 e. The molecule has 0 aliphatic rings. The lowest BCUT2D eigenvalue weighted by Crippen LogP contribution is -2.11. The number of amides is 1. The summed E-state index contributed by atoms with van der Waals surface area (Å²) in [5.74, 6) is 1.33. The normalized spacial score (nSPS) is 10.1. The van der Waals surface area contributed by atoms with E-state index in [0.717, 1.165) is 23.9 Å². The second-order valence-corrected chi connectivity index (χ2v) is 4.79. The number of unbranched alkanes of at least 4 members (excludes halogenated alkanes) is 1. The Hall–Kier alpha value is -1.23. The number of hydrogen-bond donors (Lipinski definition) is 1. The summed E-state index contributed by atoms with van der Waals surface area (Å²) in [5, 5.41) is 3.79. The topological polar surface area (TPSA) is 47.6 Å². The van der Waals surface area contributed by atoms with E-state index in [9.17, 15) is 4.79 Å². The van der Waals surface area contributed by atoms with Crippen molar-refractivity contribution in [3.63, 3.8) is 0 Å². The van der Waals surface area contributed by atoms with Crippen LogP contribution in [0.15, 0.2) is 18.2 Å². The molecule has 1 N–H and O–H groups in total. The second-order valence-electron chi connectivity index (χ2n) is 3.99. The van der Waals surface area contributed by atoms with Gasteiger partial charge in [0.05, 0.1) is 13.7 Å². The van der Waals surface area contributed by atoms with Crippen LogP contribution in [0.25, 0.3) is 0 Å². The maximum Gasteiger partial charge on any atom is 0.224 e. The fraction of sp³-hybridized carbons (Fsp3) is 0.500. The van der Waals surface area contributed by atoms with Crippen LogP contribution >= 0.6 is 15.9 Å². The molecule has 0 unspecified atom stereocenters. The molecule has 1 rings (SSSR count). The first-order chi connectivity index (χ1) is 9.21. The van der Waals surface area contributed by atoms with Crippen molar-refractivity contribution in [3.8, 4) is 11.5 Å². The Labute approximate surface area is 122 Å². The van der Waals surface area contributed by atoms with E-state index in [-0.39, 0.29) is 5.91 Å². The Morgan fingerprint density at radius 2 is 2.11 bits per heavy atom. The van der Waals surface area contributed by atoms with Crippen LogP contribution in [0.2, 0.25) is 0 Å². The molecular weight excluding hydrogens is 310 g/mol. The van der Waals surface area contributed by atoms with Gasteiger partial charge in [0.2, 0.25) is 5.91 Å². The van der Waals surface area contributed by atoms with Crippen LogP contribution in [-0.2, 0) is 4.79 Å². The Morgan fingerprint density at radius 3 is 2.74 bits per heavy atom. The zero-order valence-electron chi connectivity index (χ0n) is 11.4. The zero-order valence-corrected chi connectivity index (χ0v) is 13.0. The van der Waals surface area contributed by atoms with E-state index in [1.54, 1.807) is 19.2 Å². The van der Waals surface area contributed by atoms with Crippen molar-refractivity contribution in [1.29, 1.82) is 0 Å². The molecule has 1 aromatic rings. The van der Waals surface area contributed by atoms with Crippen LogP contribution in [0.3, 0.4) is 0 Å².